The maximum Gasteiger partial charge on any atom is 0.271 e. The van der Waals surface area contributed by atoms with Gasteiger partial charge in [-0.15, -0.1) is 11.3 Å². The second-order valence-electron chi connectivity index (χ2n) is 8.70. The Kier molecular flexibility index (Phi) is 5.42. The van der Waals surface area contributed by atoms with Gasteiger partial charge in [0.05, 0.1) is 16.3 Å². The number of aryl methyl sites for hydroxylation is 1. The minimum Gasteiger partial charge on any atom is -0.450 e. The summed E-state index contributed by atoms with van der Waals surface area (Å²) in [5, 5.41) is 2.88. The van der Waals surface area contributed by atoms with Gasteiger partial charge >= 0.3 is 0 Å². The van der Waals surface area contributed by atoms with E-state index in [0.29, 0.717) is 10.3 Å². The summed E-state index contributed by atoms with van der Waals surface area (Å²) >= 11 is 4.69. The van der Waals surface area contributed by atoms with Crippen LogP contribution in [-0.4, -0.2) is 4.57 Å². The lowest BCUT2D eigenvalue weighted by Crippen LogP contribution is -2.38. The standard InChI is InChI=1S/C29H20N2O2S3/c32-28-24(17-19-13-15-25(33-19)35-20-8-2-1-3-9-20)36-29-30-26-21-10-5-4-7-18(21)12-14-22(26)27(31(28)29)23-11-6-16-34-23/h1-11,13,15-17,27H,12,14H2/b24-17-/t27-/m1/s1. The highest BCUT2D eigenvalue weighted by Gasteiger charge is 2.33. The Bertz CT molecular complexity index is 1790. The zero-order valence-corrected chi connectivity index (χ0v) is 21.5. The lowest BCUT2D eigenvalue weighted by atomic mass is 9.85. The summed E-state index contributed by atoms with van der Waals surface area (Å²) in [5.41, 5.74) is 4.75. The molecule has 1 aliphatic carbocycles. The number of nitrogens with zero attached hydrogens (tertiary/aromatic N) is 2. The first kappa shape index (κ1) is 21.9. The maximum absolute atomic E-state index is 13.8. The van der Waals surface area contributed by atoms with Crippen LogP contribution in [0.25, 0.3) is 11.8 Å². The Hall–Kier alpha value is -3.39. The number of benzene rings is 2. The molecule has 0 saturated carbocycles. The number of thiazole rings is 1. The summed E-state index contributed by atoms with van der Waals surface area (Å²) in [6.07, 6.45) is 3.71. The van der Waals surface area contributed by atoms with Crippen molar-refractivity contribution in [3.8, 4) is 0 Å². The molecule has 0 amide bonds. The van der Waals surface area contributed by atoms with E-state index in [1.54, 1.807) is 23.1 Å². The van der Waals surface area contributed by atoms with Gasteiger partial charge in [0.1, 0.15) is 5.76 Å². The molecule has 2 aromatic carbocycles. The number of rotatable bonds is 4. The molecule has 0 spiro atoms. The van der Waals surface area contributed by atoms with E-state index in [4.69, 9.17) is 9.41 Å². The Morgan fingerprint density at radius 3 is 2.69 bits per heavy atom. The van der Waals surface area contributed by atoms with Crippen LogP contribution in [0, 0.1) is 0 Å². The van der Waals surface area contributed by atoms with Gasteiger partial charge in [0.15, 0.2) is 9.89 Å². The molecule has 4 nitrogen and oxygen atoms in total. The molecule has 0 radical (unpaired) electrons. The largest absolute Gasteiger partial charge is 0.450 e. The predicted molar refractivity (Wildman–Crippen MR) is 146 cm³/mol. The van der Waals surface area contributed by atoms with Crippen LogP contribution in [0.1, 0.15) is 34.2 Å². The second-order valence-corrected chi connectivity index (χ2v) is 11.8. The number of aromatic nitrogens is 1. The Morgan fingerprint density at radius 1 is 0.972 bits per heavy atom. The fourth-order valence-electron chi connectivity index (χ4n) is 4.92. The topological polar surface area (TPSA) is 47.5 Å². The molecule has 1 atom stereocenters. The van der Waals surface area contributed by atoms with Gasteiger partial charge < -0.3 is 4.42 Å². The van der Waals surface area contributed by atoms with Crippen LogP contribution in [0.4, 0.5) is 0 Å². The van der Waals surface area contributed by atoms with E-state index in [-0.39, 0.29) is 11.6 Å². The summed E-state index contributed by atoms with van der Waals surface area (Å²) in [5.74, 6) is 0.667. The molecule has 3 aromatic heterocycles. The van der Waals surface area contributed by atoms with Crippen molar-refractivity contribution >= 4 is 46.2 Å². The van der Waals surface area contributed by atoms with Gasteiger partial charge in [-0.3, -0.25) is 9.36 Å². The highest BCUT2D eigenvalue weighted by Crippen LogP contribution is 2.42. The number of hydrogen-bond acceptors (Lipinski definition) is 6. The van der Waals surface area contributed by atoms with Crippen molar-refractivity contribution in [3.63, 3.8) is 0 Å². The van der Waals surface area contributed by atoms with Gasteiger partial charge in [-0.1, -0.05) is 71.6 Å². The molecule has 36 heavy (non-hydrogen) atoms. The number of fused-ring (bicyclic) bond motifs is 3. The molecular weight excluding hydrogens is 505 g/mol. The third-order valence-corrected chi connectivity index (χ3v) is 9.36. The van der Waals surface area contributed by atoms with Crippen molar-refractivity contribution < 1.29 is 4.42 Å². The van der Waals surface area contributed by atoms with Crippen molar-refractivity contribution in [2.24, 2.45) is 4.99 Å². The van der Waals surface area contributed by atoms with Crippen LogP contribution < -0.4 is 14.9 Å². The molecule has 0 fully saturated rings. The van der Waals surface area contributed by atoms with Gasteiger partial charge in [-0.05, 0) is 59.7 Å². The van der Waals surface area contributed by atoms with Crippen LogP contribution in [0.15, 0.2) is 114 Å². The monoisotopic (exact) mass is 524 g/mol. The molecule has 7 rings (SSSR count). The first-order valence-electron chi connectivity index (χ1n) is 11.7. The van der Waals surface area contributed by atoms with Crippen molar-refractivity contribution in [2.75, 3.05) is 0 Å². The quantitative estimate of drug-likeness (QED) is 0.284. The Balaban J connectivity index is 1.35. The highest BCUT2D eigenvalue weighted by molar-refractivity contribution is 7.99. The fraction of sp³-hybridized carbons (Fsp3) is 0.103. The summed E-state index contributed by atoms with van der Waals surface area (Å²) in [4.78, 5) is 21.8. The van der Waals surface area contributed by atoms with Gasteiger partial charge in [-0.25, -0.2) is 4.99 Å². The highest BCUT2D eigenvalue weighted by atomic mass is 32.2. The fourth-order valence-corrected chi connectivity index (χ4v) is 7.55. The molecule has 0 saturated heterocycles. The molecule has 4 heterocycles. The molecule has 0 unspecified atom stereocenters. The van der Waals surface area contributed by atoms with Gasteiger partial charge in [0, 0.05) is 21.4 Å². The second kappa shape index (κ2) is 8.92. The van der Waals surface area contributed by atoms with Crippen LogP contribution in [0.3, 0.4) is 0 Å². The van der Waals surface area contributed by atoms with Crippen LogP contribution in [0.5, 0.6) is 0 Å². The first-order chi connectivity index (χ1) is 17.7. The normalized spacial score (nSPS) is 16.9. The maximum atomic E-state index is 13.8. The van der Waals surface area contributed by atoms with E-state index < -0.39 is 0 Å². The number of thiophene rings is 1. The van der Waals surface area contributed by atoms with E-state index in [0.717, 1.165) is 33.3 Å². The first-order valence-corrected chi connectivity index (χ1v) is 14.2. The molecule has 1 aliphatic heterocycles. The smallest absolute Gasteiger partial charge is 0.271 e. The summed E-state index contributed by atoms with van der Waals surface area (Å²) in [7, 11) is 0. The lowest BCUT2D eigenvalue weighted by Gasteiger charge is -2.30. The van der Waals surface area contributed by atoms with Gasteiger partial charge in [0.25, 0.3) is 5.56 Å². The molecule has 7 heteroatoms. The van der Waals surface area contributed by atoms with E-state index >= 15 is 0 Å². The summed E-state index contributed by atoms with van der Waals surface area (Å²) in [6.45, 7) is 0. The zero-order chi connectivity index (χ0) is 24.1. The third kappa shape index (κ3) is 3.75. The van der Waals surface area contributed by atoms with Crippen molar-refractivity contribution in [1.82, 2.24) is 4.57 Å². The predicted octanol–water partition coefficient (Wildman–Crippen LogP) is 6.12. The molecule has 0 bridgehead atoms. The Labute approximate surface area is 219 Å². The molecule has 176 valence electrons. The van der Waals surface area contributed by atoms with E-state index in [9.17, 15) is 4.79 Å². The van der Waals surface area contributed by atoms with Crippen molar-refractivity contribution in [3.05, 3.63) is 131 Å². The molecule has 5 aromatic rings. The van der Waals surface area contributed by atoms with Crippen LogP contribution >= 0.6 is 34.4 Å². The summed E-state index contributed by atoms with van der Waals surface area (Å²) < 4.78 is 8.57. The molecule has 2 aliphatic rings. The van der Waals surface area contributed by atoms with E-state index in [2.05, 4.69) is 53.9 Å². The SMILES string of the molecule is O=c1/c(=C/c2ccc(Sc3ccccc3)o2)sc2n1[C@@H](c1cccs1)C1=C(N=2)c2ccccc2CC1. The molecular formula is C29H20N2O2S3. The Morgan fingerprint density at radius 2 is 1.83 bits per heavy atom. The third-order valence-electron chi connectivity index (χ3n) is 6.52. The number of hydrogen-bond donors (Lipinski definition) is 0. The molecule has 0 N–H and O–H groups in total. The van der Waals surface area contributed by atoms with Crippen molar-refractivity contribution in [1.29, 1.82) is 0 Å². The van der Waals surface area contributed by atoms with Crippen LogP contribution in [0.2, 0.25) is 0 Å². The number of furan rings is 1. The van der Waals surface area contributed by atoms with Gasteiger partial charge in [-0.2, -0.15) is 0 Å². The minimum atomic E-state index is -0.118. The average Bonchev–Trinajstić information content (AvgIpc) is 3.66. The van der Waals surface area contributed by atoms with Crippen LogP contribution in [-0.2, 0) is 6.42 Å². The average molecular weight is 525 g/mol. The zero-order valence-electron chi connectivity index (χ0n) is 19.1. The van der Waals surface area contributed by atoms with Gasteiger partial charge in [0.2, 0.25) is 0 Å². The summed E-state index contributed by atoms with van der Waals surface area (Å²) in [6, 6.07) is 26.6. The minimum absolute atomic E-state index is 0.0174. The van der Waals surface area contributed by atoms with E-state index in [1.807, 2.05) is 41.0 Å². The van der Waals surface area contributed by atoms with E-state index in [1.165, 1.54) is 32.9 Å². The van der Waals surface area contributed by atoms with Crippen molar-refractivity contribution in [2.45, 2.75) is 28.9 Å². The lowest BCUT2D eigenvalue weighted by molar-refractivity contribution is 0.466. The number of allylic oxidation sites excluding steroid dienone is 1.